The lowest BCUT2D eigenvalue weighted by Gasteiger charge is -2.23. The monoisotopic (exact) mass is 242 g/mol. The third-order valence-electron chi connectivity index (χ3n) is 1.81. The van der Waals surface area contributed by atoms with E-state index in [2.05, 4.69) is 4.74 Å². The molecule has 7 heteroatoms. The molecular formula is C9H22O7. The first-order chi connectivity index (χ1) is 7.66. The third kappa shape index (κ3) is 8.98. The van der Waals surface area contributed by atoms with Crippen molar-refractivity contribution in [3.05, 3.63) is 0 Å². The van der Waals surface area contributed by atoms with Gasteiger partial charge in [-0.2, -0.15) is 0 Å². The van der Waals surface area contributed by atoms with E-state index in [1.807, 2.05) is 0 Å². The Morgan fingerprint density at radius 1 is 0.625 bits per heavy atom. The van der Waals surface area contributed by atoms with Crippen LogP contribution in [0.3, 0.4) is 0 Å². The molecule has 0 saturated heterocycles. The molecule has 0 fully saturated rings. The van der Waals surface area contributed by atoms with Crippen LogP contribution in [0.1, 0.15) is 0 Å². The van der Waals surface area contributed by atoms with E-state index in [9.17, 15) is 0 Å². The zero-order valence-electron chi connectivity index (χ0n) is 9.25. The lowest BCUT2D eigenvalue weighted by Crippen LogP contribution is -2.37. The maximum atomic E-state index is 8.50. The Morgan fingerprint density at radius 2 is 0.938 bits per heavy atom. The quantitative estimate of drug-likeness (QED) is 0.249. The van der Waals surface area contributed by atoms with E-state index in [1.165, 1.54) is 0 Å². The molecule has 0 spiro atoms. The highest BCUT2D eigenvalue weighted by atomic mass is 16.5. The minimum absolute atomic E-state index is 0.0278. The topological polar surface area (TPSA) is 131 Å². The zero-order chi connectivity index (χ0) is 12.9. The molecule has 0 aromatic rings. The van der Waals surface area contributed by atoms with Crippen LogP contribution in [-0.4, -0.2) is 83.5 Å². The van der Waals surface area contributed by atoms with Crippen molar-refractivity contribution in [1.29, 1.82) is 0 Å². The van der Waals surface area contributed by atoms with Gasteiger partial charge in [0.25, 0.3) is 0 Å². The number of aliphatic hydroxyl groups is 6. The van der Waals surface area contributed by atoms with Crippen LogP contribution >= 0.6 is 0 Å². The summed E-state index contributed by atoms with van der Waals surface area (Å²) >= 11 is 0. The molecule has 0 heterocycles. The van der Waals surface area contributed by atoms with E-state index in [0.717, 1.165) is 0 Å². The average molecular weight is 242 g/mol. The van der Waals surface area contributed by atoms with E-state index in [1.54, 1.807) is 0 Å². The second-order valence-corrected chi connectivity index (χ2v) is 3.19. The fraction of sp³-hybridized carbons (Fsp3) is 1.00. The Hall–Kier alpha value is -0.280. The molecule has 16 heavy (non-hydrogen) atoms. The van der Waals surface area contributed by atoms with Crippen molar-refractivity contribution in [2.75, 3.05) is 52.9 Å². The van der Waals surface area contributed by atoms with Crippen LogP contribution in [0.4, 0.5) is 0 Å². The Bertz CT molecular complexity index is 106. The lowest BCUT2D eigenvalue weighted by molar-refractivity contribution is -0.0328. The Balaban J connectivity index is 0. The molecule has 0 aliphatic heterocycles. The van der Waals surface area contributed by atoms with Gasteiger partial charge in [0, 0.05) is 0 Å². The Labute approximate surface area is 94.5 Å². The van der Waals surface area contributed by atoms with Crippen molar-refractivity contribution in [3.8, 4) is 0 Å². The smallest absolute Gasteiger partial charge is 0.0698 e. The van der Waals surface area contributed by atoms with Gasteiger partial charge in [-0.05, 0) is 0 Å². The summed E-state index contributed by atoms with van der Waals surface area (Å²) in [5.74, 6) is 0. The molecule has 0 aromatic carbocycles. The standard InChI is InChI=1S/C5H12O4.C4H10O3/c6-1-5(2-7,3-8)4-9;5-1-3-7-4-2-6/h6-9H,1-4H2;5-6H,1-4H2. The first kappa shape index (κ1) is 18.1. The molecule has 0 bridgehead atoms. The molecule has 0 radical (unpaired) electrons. The van der Waals surface area contributed by atoms with Gasteiger partial charge < -0.3 is 35.4 Å². The van der Waals surface area contributed by atoms with Gasteiger partial charge in [-0.15, -0.1) is 0 Å². The van der Waals surface area contributed by atoms with Crippen molar-refractivity contribution in [1.82, 2.24) is 0 Å². The van der Waals surface area contributed by atoms with Crippen LogP contribution in [0.15, 0.2) is 0 Å². The largest absolute Gasteiger partial charge is 0.396 e. The van der Waals surface area contributed by atoms with Crippen LogP contribution in [0.5, 0.6) is 0 Å². The molecule has 0 aliphatic rings. The summed E-state index contributed by atoms with van der Waals surface area (Å²) in [6.45, 7) is -0.929. The van der Waals surface area contributed by atoms with Gasteiger partial charge in [0.05, 0.1) is 58.3 Å². The molecule has 7 nitrogen and oxygen atoms in total. The number of rotatable bonds is 8. The highest BCUT2D eigenvalue weighted by molar-refractivity contribution is 4.74. The molecular weight excluding hydrogens is 220 g/mol. The minimum Gasteiger partial charge on any atom is -0.396 e. The van der Waals surface area contributed by atoms with Crippen LogP contribution in [0, 0.1) is 5.41 Å². The number of hydrogen-bond donors (Lipinski definition) is 6. The fourth-order valence-corrected chi connectivity index (χ4v) is 0.531. The highest BCUT2D eigenvalue weighted by Crippen LogP contribution is 2.11. The van der Waals surface area contributed by atoms with Gasteiger partial charge >= 0.3 is 0 Å². The normalized spacial score (nSPS) is 10.9. The van der Waals surface area contributed by atoms with Crippen LogP contribution in [-0.2, 0) is 4.74 Å². The van der Waals surface area contributed by atoms with Gasteiger partial charge in [0.2, 0.25) is 0 Å². The predicted molar refractivity (Wildman–Crippen MR) is 55.8 cm³/mol. The number of hydrogen-bond acceptors (Lipinski definition) is 7. The second-order valence-electron chi connectivity index (χ2n) is 3.19. The van der Waals surface area contributed by atoms with E-state index >= 15 is 0 Å². The van der Waals surface area contributed by atoms with Crippen molar-refractivity contribution in [2.24, 2.45) is 5.41 Å². The summed E-state index contributed by atoms with van der Waals surface area (Å²) < 4.78 is 4.63. The van der Waals surface area contributed by atoms with Crippen LogP contribution in [0.25, 0.3) is 0 Å². The van der Waals surface area contributed by atoms with Gasteiger partial charge in [-0.1, -0.05) is 0 Å². The van der Waals surface area contributed by atoms with Gasteiger partial charge in [0.15, 0.2) is 0 Å². The highest BCUT2D eigenvalue weighted by Gasteiger charge is 2.26. The summed E-state index contributed by atoms with van der Waals surface area (Å²) in [4.78, 5) is 0. The minimum atomic E-state index is -1.11. The maximum Gasteiger partial charge on any atom is 0.0698 e. The van der Waals surface area contributed by atoms with Gasteiger partial charge in [-0.3, -0.25) is 0 Å². The summed E-state index contributed by atoms with van der Waals surface area (Å²) in [6.07, 6.45) is 0. The predicted octanol–water partition coefficient (Wildman–Crippen LogP) is -3.07. The van der Waals surface area contributed by atoms with Crippen LogP contribution < -0.4 is 0 Å². The Morgan fingerprint density at radius 3 is 1.06 bits per heavy atom. The summed E-state index contributed by atoms with van der Waals surface area (Å²) in [6, 6.07) is 0. The average Bonchev–Trinajstić information content (AvgIpc) is 2.34. The summed E-state index contributed by atoms with van der Waals surface area (Å²) in [5.41, 5.74) is -1.11. The first-order valence-electron chi connectivity index (χ1n) is 4.89. The van der Waals surface area contributed by atoms with Gasteiger partial charge in [-0.25, -0.2) is 0 Å². The summed E-state index contributed by atoms with van der Waals surface area (Å²) in [5, 5.41) is 50.2. The molecule has 0 aliphatic carbocycles. The van der Waals surface area contributed by atoms with E-state index < -0.39 is 31.8 Å². The molecule has 0 unspecified atom stereocenters. The van der Waals surface area contributed by atoms with Crippen molar-refractivity contribution in [3.63, 3.8) is 0 Å². The SMILES string of the molecule is OCC(CO)(CO)CO.OCCOCCO. The summed E-state index contributed by atoms with van der Waals surface area (Å²) in [7, 11) is 0. The molecule has 0 saturated carbocycles. The molecule has 0 aromatic heterocycles. The van der Waals surface area contributed by atoms with Crippen LogP contribution in [0.2, 0.25) is 0 Å². The van der Waals surface area contributed by atoms with Crippen molar-refractivity contribution < 1.29 is 35.4 Å². The number of aliphatic hydroxyl groups excluding tert-OH is 6. The van der Waals surface area contributed by atoms with E-state index in [0.29, 0.717) is 13.2 Å². The van der Waals surface area contributed by atoms with E-state index in [4.69, 9.17) is 30.6 Å². The molecule has 6 N–H and O–H groups in total. The Kier molecular flexibility index (Phi) is 14.5. The molecule has 0 amide bonds. The third-order valence-corrected chi connectivity index (χ3v) is 1.81. The lowest BCUT2D eigenvalue weighted by atomic mass is 9.93. The zero-order valence-corrected chi connectivity index (χ0v) is 9.25. The van der Waals surface area contributed by atoms with Crippen molar-refractivity contribution in [2.45, 2.75) is 0 Å². The maximum absolute atomic E-state index is 8.50. The molecule has 0 rings (SSSR count). The first-order valence-corrected chi connectivity index (χ1v) is 4.89. The fourth-order valence-electron chi connectivity index (χ4n) is 0.531. The van der Waals surface area contributed by atoms with E-state index in [-0.39, 0.29) is 13.2 Å². The molecule has 100 valence electrons. The number of ether oxygens (including phenoxy) is 1. The molecule has 0 atom stereocenters. The van der Waals surface area contributed by atoms with Gasteiger partial charge in [0.1, 0.15) is 0 Å². The van der Waals surface area contributed by atoms with Crippen molar-refractivity contribution >= 4 is 0 Å². The second kappa shape index (κ2) is 12.8.